The van der Waals surface area contributed by atoms with E-state index in [0.29, 0.717) is 13.0 Å². The monoisotopic (exact) mass is 320 g/mol. The quantitative estimate of drug-likeness (QED) is 0.698. The lowest BCUT2D eigenvalue weighted by molar-refractivity contribution is -0.136. The van der Waals surface area contributed by atoms with Crippen molar-refractivity contribution in [2.75, 3.05) is 6.61 Å². The first-order chi connectivity index (χ1) is 11.7. The van der Waals surface area contributed by atoms with Gasteiger partial charge in [-0.15, -0.1) is 0 Å². The van der Waals surface area contributed by atoms with Crippen LogP contribution in [0.5, 0.6) is 5.75 Å². The van der Waals surface area contributed by atoms with Gasteiger partial charge in [0.15, 0.2) is 0 Å². The molecule has 0 bridgehead atoms. The van der Waals surface area contributed by atoms with Crippen LogP contribution in [0.25, 0.3) is 10.8 Å². The lowest BCUT2D eigenvalue weighted by atomic mass is 10.0. The van der Waals surface area contributed by atoms with Crippen LogP contribution in [0.15, 0.2) is 66.7 Å². The highest BCUT2D eigenvalue weighted by Crippen LogP contribution is 2.22. The van der Waals surface area contributed by atoms with Crippen molar-refractivity contribution in [1.29, 1.82) is 0 Å². The molecule has 24 heavy (non-hydrogen) atoms. The summed E-state index contributed by atoms with van der Waals surface area (Å²) in [7, 11) is 0. The predicted molar refractivity (Wildman–Crippen MR) is 95.5 cm³/mol. The van der Waals surface area contributed by atoms with Crippen LogP contribution in [0.2, 0.25) is 0 Å². The summed E-state index contributed by atoms with van der Waals surface area (Å²) >= 11 is 0. The lowest BCUT2D eigenvalue weighted by Crippen LogP contribution is -2.05. The maximum atomic E-state index is 10.8. The van der Waals surface area contributed by atoms with Crippen molar-refractivity contribution in [3.63, 3.8) is 0 Å². The van der Waals surface area contributed by atoms with Gasteiger partial charge < -0.3 is 9.84 Å². The Bertz CT molecular complexity index is 834. The number of hydrogen-bond acceptors (Lipinski definition) is 2. The SMILES string of the molecule is O=C(O)CCc1ccccc1OCCc1cccc2ccccc12. The smallest absolute Gasteiger partial charge is 0.303 e. The van der Waals surface area contributed by atoms with Crippen LogP contribution in [0.4, 0.5) is 0 Å². The molecule has 3 aromatic rings. The fourth-order valence-corrected chi connectivity index (χ4v) is 2.87. The first-order valence-electron chi connectivity index (χ1n) is 8.13. The van der Waals surface area contributed by atoms with Crippen LogP contribution in [-0.2, 0) is 17.6 Å². The Morgan fingerprint density at radius 3 is 2.42 bits per heavy atom. The fourth-order valence-electron chi connectivity index (χ4n) is 2.87. The molecule has 0 unspecified atom stereocenters. The molecule has 3 rings (SSSR count). The van der Waals surface area contributed by atoms with Gasteiger partial charge in [0.05, 0.1) is 6.61 Å². The summed E-state index contributed by atoms with van der Waals surface area (Å²) < 4.78 is 5.93. The van der Waals surface area contributed by atoms with Crippen LogP contribution in [0.3, 0.4) is 0 Å². The van der Waals surface area contributed by atoms with Gasteiger partial charge in [0, 0.05) is 12.8 Å². The van der Waals surface area contributed by atoms with Gasteiger partial charge in [-0.1, -0.05) is 60.7 Å². The number of rotatable bonds is 7. The van der Waals surface area contributed by atoms with Gasteiger partial charge in [-0.25, -0.2) is 0 Å². The second kappa shape index (κ2) is 7.64. The molecule has 0 saturated heterocycles. The van der Waals surface area contributed by atoms with E-state index in [1.807, 2.05) is 36.4 Å². The number of aryl methyl sites for hydroxylation is 1. The van der Waals surface area contributed by atoms with E-state index in [4.69, 9.17) is 9.84 Å². The van der Waals surface area contributed by atoms with E-state index >= 15 is 0 Å². The topological polar surface area (TPSA) is 46.5 Å². The number of para-hydroxylation sites is 1. The van der Waals surface area contributed by atoms with Gasteiger partial charge in [0.25, 0.3) is 0 Å². The van der Waals surface area contributed by atoms with E-state index in [0.717, 1.165) is 17.7 Å². The van der Waals surface area contributed by atoms with Gasteiger partial charge in [0.2, 0.25) is 0 Å². The molecule has 0 aromatic heterocycles. The minimum absolute atomic E-state index is 0.115. The van der Waals surface area contributed by atoms with Crippen LogP contribution in [0, 0.1) is 0 Å². The number of carbonyl (C=O) groups is 1. The molecule has 0 radical (unpaired) electrons. The number of carboxylic acid groups (broad SMARTS) is 1. The minimum Gasteiger partial charge on any atom is -0.493 e. The summed E-state index contributed by atoms with van der Waals surface area (Å²) in [6, 6.07) is 22.3. The van der Waals surface area contributed by atoms with Gasteiger partial charge in [-0.2, -0.15) is 0 Å². The lowest BCUT2D eigenvalue weighted by Gasteiger charge is -2.12. The van der Waals surface area contributed by atoms with E-state index in [2.05, 4.69) is 30.3 Å². The summed E-state index contributed by atoms with van der Waals surface area (Å²) in [5.74, 6) is -0.0143. The van der Waals surface area contributed by atoms with Crippen molar-refractivity contribution >= 4 is 16.7 Å². The van der Waals surface area contributed by atoms with Crippen molar-refractivity contribution in [2.24, 2.45) is 0 Å². The van der Waals surface area contributed by atoms with Crippen molar-refractivity contribution in [3.05, 3.63) is 77.9 Å². The van der Waals surface area contributed by atoms with Crippen molar-refractivity contribution in [1.82, 2.24) is 0 Å². The molecule has 0 atom stereocenters. The van der Waals surface area contributed by atoms with E-state index in [-0.39, 0.29) is 6.42 Å². The first-order valence-corrected chi connectivity index (χ1v) is 8.13. The molecule has 3 nitrogen and oxygen atoms in total. The molecular weight excluding hydrogens is 300 g/mol. The molecule has 3 heteroatoms. The Hall–Kier alpha value is -2.81. The molecule has 3 aromatic carbocycles. The molecule has 0 aliphatic rings. The normalized spacial score (nSPS) is 10.7. The maximum Gasteiger partial charge on any atom is 0.303 e. The molecule has 0 amide bonds. The molecule has 0 spiro atoms. The summed E-state index contributed by atoms with van der Waals surface area (Å²) in [5, 5.41) is 11.3. The van der Waals surface area contributed by atoms with E-state index in [9.17, 15) is 4.79 Å². The summed E-state index contributed by atoms with van der Waals surface area (Å²) in [4.78, 5) is 10.8. The molecule has 122 valence electrons. The minimum atomic E-state index is -0.791. The molecule has 0 saturated carbocycles. The maximum absolute atomic E-state index is 10.8. The van der Waals surface area contributed by atoms with Gasteiger partial charge in [-0.05, 0) is 34.4 Å². The molecule has 0 fully saturated rings. The third kappa shape index (κ3) is 3.93. The first kappa shape index (κ1) is 16.1. The highest BCUT2D eigenvalue weighted by Gasteiger charge is 2.06. The summed E-state index contributed by atoms with van der Waals surface area (Å²) in [6.07, 6.45) is 1.41. The molecule has 0 aliphatic heterocycles. The summed E-state index contributed by atoms with van der Waals surface area (Å²) in [5.41, 5.74) is 2.20. The predicted octanol–water partition coefficient (Wildman–Crippen LogP) is 4.48. The Kier molecular flexibility index (Phi) is 5.12. The van der Waals surface area contributed by atoms with E-state index in [1.54, 1.807) is 0 Å². The number of hydrogen-bond donors (Lipinski definition) is 1. The average molecular weight is 320 g/mol. The Balaban J connectivity index is 1.67. The molecule has 1 N–H and O–H groups in total. The van der Waals surface area contributed by atoms with Gasteiger partial charge in [-0.3, -0.25) is 4.79 Å². The second-order valence-electron chi connectivity index (χ2n) is 5.74. The van der Waals surface area contributed by atoms with E-state index in [1.165, 1.54) is 16.3 Å². The number of ether oxygens (including phenoxy) is 1. The van der Waals surface area contributed by atoms with Crippen LogP contribution < -0.4 is 4.74 Å². The zero-order valence-electron chi connectivity index (χ0n) is 13.4. The number of carboxylic acids is 1. The van der Waals surface area contributed by atoms with Crippen LogP contribution in [-0.4, -0.2) is 17.7 Å². The molecule has 0 heterocycles. The van der Waals surface area contributed by atoms with Crippen molar-refractivity contribution < 1.29 is 14.6 Å². The number of benzene rings is 3. The highest BCUT2D eigenvalue weighted by molar-refractivity contribution is 5.85. The largest absolute Gasteiger partial charge is 0.493 e. The van der Waals surface area contributed by atoms with Crippen molar-refractivity contribution in [3.8, 4) is 5.75 Å². The Morgan fingerprint density at radius 2 is 1.54 bits per heavy atom. The third-order valence-corrected chi connectivity index (χ3v) is 4.09. The van der Waals surface area contributed by atoms with Crippen molar-refractivity contribution in [2.45, 2.75) is 19.3 Å². The number of aliphatic carboxylic acids is 1. The highest BCUT2D eigenvalue weighted by atomic mass is 16.5. The third-order valence-electron chi connectivity index (χ3n) is 4.09. The van der Waals surface area contributed by atoms with Gasteiger partial charge >= 0.3 is 5.97 Å². The van der Waals surface area contributed by atoms with Crippen LogP contribution in [0.1, 0.15) is 17.5 Å². The molecule has 0 aliphatic carbocycles. The van der Waals surface area contributed by atoms with E-state index < -0.39 is 5.97 Å². The summed E-state index contributed by atoms with van der Waals surface area (Å²) in [6.45, 7) is 0.568. The van der Waals surface area contributed by atoms with Crippen LogP contribution >= 0.6 is 0 Å². The standard InChI is InChI=1S/C21H20O3/c22-21(23)13-12-18-7-2-4-11-20(18)24-15-14-17-9-5-8-16-6-1-3-10-19(16)17/h1-11H,12-15H2,(H,22,23). The Morgan fingerprint density at radius 1 is 0.833 bits per heavy atom. The Labute approximate surface area is 141 Å². The number of fused-ring (bicyclic) bond motifs is 1. The second-order valence-corrected chi connectivity index (χ2v) is 5.74. The zero-order chi connectivity index (χ0) is 16.8. The average Bonchev–Trinajstić information content (AvgIpc) is 2.61. The zero-order valence-corrected chi connectivity index (χ0v) is 13.4. The fraction of sp³-hybridized carbons (Fsp3) is 0.190. The van der Waals surface area contributed by atoms with Gasteiger partial charge in [0.1, 0.15) is 5.75 Å². The molecular formula is C21H20O3.